The number of nitrogens with zero attached hydrogens (tertiary/aromatic N) is 4. The Morgan fingerprint density at radius 1 is 1.25 bits per heavy atom. The highest BCUT2D eigenvalue weighted by molar-refractivity contribution is 5.31. The highest BCUT2D eigenvalue weighted by Crippen LogP contribution is 2.18. The van der Waals surface area contributed by atoms with E-state index in [1.54, 1.807) is 12.4 Å². The molecule has 0 saturated carbocycles. The molecule has 0 amide bonds. The van der Waals surface area contributed by atoms with Gasteiger partial charge in [0.05, 0.1) is 11.4 Å². The van der Waals surface area contributed by atoms with Crippen molar-refractivity contribution in [1.29, 1.82) is 0 Å². The van der Waals surface area contributed by atoms with E-state index in [1.165, 1.54) is 11.3 Å². The topological polar surface area (TPSA) is 34.0 Å². The third-order valence-electron chi connectivity index (χ3n) is 2.98. The van der Waals surface area contributed by atoms with Crippen LogP contribution in [0.1, 0.15) is 11.3 Å². The molecule has 0 spiro atoms. The molecule has 0 fully saturated rings. The van der Waals surface area contributed by atoms with Gasteiger partial charge in [0.15, 0.2) is 0 Å². The third-order valence-corrected chi connectivity index (χ3v) is 2.98. The van der Waals surface area contributed by atoms with Gasteiger partial charge in [0, 0.05) is 43.7 Å². The monoisotopic (exact) mass is 214 g/mol. The van der Waals surface area contributed by atoms with Crippen LogP contribution in [0.3, 0.4) is 0 Å². The van der Waals surface area contributed by atoms with Gasteiger partial charge in [-0.2, -0.15) is 5.10 Å². The molecule has 0 saturated heterocycles. The molecule has 0 bridgehead atoms. The smallest absolute Gasteiger partial charge is 0.0686 e. The van der Waals surface area contributed by atoms with Crippen molar-refractivity contribution in [3.05, 3.63) is 42.0 Å². The van der Waals surface area contributed by atoms with E-state index in [4.69, 9.17) is 0 Å². The van der Waals surface area contributed by atoms with E-state index < -0.39 is 0 Å². The number of likely N-dealkylation sites (N-methyl/N-ethyl adjacent to an activating group) is 1. The number of hydrogen-bond acceptors (Lipinski definition) is 3. The van der Waals surface area contributed by atoms with E-state index in [0.717, 1.165) is 25.2 Å². The molecule has 3 heterocycles. The molecule has 0 unspecified atom stereocenters. The number of rotatable bonds is 1. The fraction of sp³-hybridized carbons (Fsp3) is 0.333. The van der Waals surface area contributed by atoms with Crippen molar-refractivity contribution in [2.75, 3.05) is 13.6 Å². The molecule has 4 nitrogen and oxygen atoms in total. The van der Waals surface area contributed by atoms with E-state index in [1.807, 2.05) is 16.8 Å². The fourth-order valence-electron chi connectivity index (χ4n) is 2.08. The number of pyridine rings is 1. The zero-order valence-corrected chi connectivity index (χ0v) is 9.30. The molecule has 16 heavy (non-hydrogen) atoms. The Balaban J connectivity index is 1.99. The van der Waals surface area contributed by atoms with Gasteiger partial charge in [-0.25, -0.2) is 4.68 Å². The normalized spacial score (nSPS) is 16.1. The standard InChI is InChI=1S/C12H14N4/c1-15-7-4-12-10(8-15)9-16(14-12)11-2-5-13-6-3-11/h2-3,5-6,9H,4,7-8H2,1H3. The lowest BCUT2D eigenvalue weighted by Crippen LogP contribution is -2.25. The summed E-state index contributed by atoms with van der Waals surface area (Å²) < 4.78 is 1.95. The van der Waals surface area contributed by atoms with Crippen molar-refractivity contribution in [3.8, 4) is 5.69 Å². The molecule has 0 radical (unpaired) electrons. The van der Waals surface area contributed by atoms with Crippen molar-refractivity contribution >= 4 is 0 Å². The third kappa shape index (κ3) is 1.61. The van der Waals surface area contributed by atoms with Gasteiger partial charge in [0.1, 0.15) is 0 Å². The quantitative estimate of drug-likeness (QED) is 0.716. The maximum Gasteiger partial charge on any atom is 0.0686 e. The highest BCUT2D eigenvalue weighted by Gasteiger charge is 2.16. The largest absolute Gasteiger partial charge is 0.302 e. The molecule has 82 valence electrons. The molecule has 4 heteroatoms. The van der Waals surface area contributed by atoms with Gasteiger partial charge in [0.25, 0.3) is 0 Å². The van der Waals surface area contributed by atoms with Crippen LogP contribution in [0.4, 0.5) is 0 Å². The van der Waals surface area contributed by atoms with Crippen molar-refractivity contribution in [1.82, 2.24) is 19.7 Å². The van der Waals surface area contributed by atoms with Crippen LogP contribution in [0.5, 0.6) is 0 Å². The molecule has 0 atom stereocenters. The number of hydrogen-bond donors (Lipinski definition) is 0. The van der Waals surface area contributed by atoms with Crippen molar-refractivity contribution in [2.45, 2.75) is 13.0 Å². The first-order valence-corrected chi connectivity index (χ1v) is 5.49. The van der Waals surface area contributed by atoms with Crippen LogP contribution in [0.25, 0.3) is 5.69 Å². The van der Waals surface area contributed by atoms with E-state index in [-0.39, 0.29) is 0 Å². The highest BCUT2D eigenvalue weighted by atomic mass is 15.3. The second-order valence-corrected chi connectivity index (χ2v) is 4.24. The lowest BCUT2D eigenvalue weighted by Gasteiger charge is -2.20. The Morgan fingerprint density at radius 3 is 2.88 bits per heavy atom. The predicted octanol–water partition coefficient (Wildman–Crippen LogP) is 1.26. The van der Waals surface area contributed by atoms with Gasteiger partial charge in [0.2, 0.25) is 0 Å². The summed E-state index contributed by atoms with van der Waals surface area (Å²) in [5.41, 5.74) is 3.65. The van der Waals surface area contributed by atoms with E-state index in [9.17, 15) is 0 Å². The summed E-state index contributed by atoms with van der Waals surface area (Å²) in [5.74, 6) is 0. The fourth-order valence-corrected chi connectivity index (χ4v) is 2.08. The lowest BCUT2D eigenvalue weighted by atomic mass is 10.1. The van der Waals surface area contributed by atoms with Crippen molar-refractivity contribution in [2.24, 2.45) is 0 Å². The second-order valence-electron chi connectivity index (χ2n) is 4.24. The van der Waals surface area contributed by atoms with Crippen LogP contribution in [0.2, 0.25) is 0 Å². The van der Waals surface area contributed by atoms with Gasteiger partial charge in [-0.1, -0.05) is 0 Å². The Morgan fingerprint density at radius 2 is 2.06 bits per heavy atom. The summed E-state index contributed by atoms with van der Waals surface area (Å²) in [6, 6.07) is 3.95. The Hall–Kier alpha value is -1.68. The van der Waals surface area contributed by atoms with Crippen LogP contribution >= 0.6 is 0 Å². The van der Waals surface area contributed by atoms with Crippen LogP contribution in [-0.2, 0) is 13.0 Å². The summed E-state index contributed by atoms with van der Waals surface area (Å²) in [6.45, 7) is 2.10. The summed E-state index contributed by atoms with van der Waals surface area (Å²) >= 11 is 0. The van der Waals surface area contributed by atoms with Gasteiger partial charge in [-0.15, -0.1) is 0 Å². The van der Waals surface area contributed by atoms with Crippen LogP contribution in [-0.4, -0.2) is 33.3 Å². The summed E-state index contributed by atoms with van der Waals surface area (Å²) in [7, 11) is 2.15. The van der Waals surface area contributed by atoms with Gasteiger partial charge in [-0.3, -0.25) is 4.98 Å². The number of aromatic nitrogens is 3. The van der Waals surface area contributed by atoms with Crippen molar-refractivity contribution in [3.63, 3.8) is 0 Å². The lowest BCUT2D eigenvalue weighted by molar-refractivity contribution is 0.311. The minimum Gasteiger partial charge on any atom is -0.302 e. The van der Waals surface area contributed by atoms with Crippen LogP contribution in [0.15, 0.2) is 30.7 Å². The summed E-state index contributed by atoms with van der Waals surface area (Å²) in [5, 5.41) is 4.62. The van der Waals surface area contributed by atoms with Crippen LogP contribution < -0.4 is 0 Å². The minimum absolute atomic E-state index is 1.00. The van der Waals surface area contributed by atoms with Gasteiger partial charge >= 0.3 is 0 Å². The molecule has 0 N–H and O–H groups in total. The maximum absolute atomic E-state index is 4.62. The van der Waals surface area contributed by atoms with Crippen LogP contribution in [0, 0.1) is 0 Å². The average Bonchev–Trinajstić information content (AvgIpc) is 2.73. The summed E-state index contributed by atoms with van der Waals surface area (Å²) in [6.07, 6.45) is 6.76. The Bertz CT molecular complexity index is 489. The zero-order valence-electron chi connectivity index (χ0n) is 9.30. The Kier molecular flexibility index (Phi) is 2.22. The zero-order chi connectivity index (χ0) is 11.0. The minimum atomic E-state index is 1.00. The maximum atomic E-state index is 4.62. The molecule has 2 aromatic heterocycles. The first-order chi connectivity index (χ1) is 7.83. The molecule has 3 rings (SSSR count). The second kappa shape index (κ2) is 3.72. The van der Waals surface area contributed by atoms with Gasteiger partial charge in [-0.05, 0) is 19.2 Å². The predicted molar refractivity (Wildman–Crippen MR) is 61.4 cm³/mol. The first kappa shape index (κ1) is 9.54. The van der Waals surface area contributed by atoms with E-state index in [2.05, 4.69) is 28.2 Å². The molecule has 1 aliphatic rings. The Labute approximate surface area is 94.5 Å². The van der Waals surface area contributed by atoms with E-state index >= 15 is 0 Å². The van der Waals surface area contributed by atoms with Crippen molar-refractivity contribution < 1.29 is 0 Å². The molecular weight excluding hydrogens is 200 g/mol. The molecular formula is C12H14N4. The average molecular weight is 214 g/mol. The van der Waals surface area contributed by atoms with Gasteiger partial charge < -0.3 is 4.90 Å². The number of fused-ring (bicyclic) bond motifs is 1. The van der Waals surface area contributed by atoms with E-state index in [0.29, 0.717) is 0 Å². The first-order valence-electron chi connectivity index (χ1n) is 5.49. The molecule has 1 aliphatic heterocycles. The summed E-state index contributed by atoms with van der Waals surface area (Å²) in [4.78, 5) is 6.34. The molecule has 0 aromatic carbocycles. The SMILES string of the molecule is CN1CCc2nn(-c3ccncc3)cc2C1. The molecule has 0 aliphatic carbocycles. The molecule has 2 aromatic rings.